The first-order valence-electron chi connectivity index (χ1n) is 4.75. The van der Waals surface area contributed by atoms with Crippen molar-refractivity contribution in [2.24, 2.45) is 0 Å². The third kappa shape index (κ3) is 10.7. The summed E-state index contributed by atoms with van der Waals surface area (Å²) in [5, 5.41) is 0. The number of hydrogen-bond acceptors (Lipinski definition) is 2. The topological polar surface area (TPSA) is 9.23 Å². The monoisotopic (exact) mass is 235 g/mol. The van der Waals surface area contributed by atoms with Crippen molar-refractivity contribution in [1.29, 1.82) is 0 Å². The molecule has 0 fully saturated rings. The lowest BCUT2D eigenvalue weighted by Crippen LogP contribution is -2.33. The molecular formula is C9H23OSSi2. The first kappa shape index (κ1) is 13.7. The van der Waals surface area contributed by atoms with Crippen molar-refractivity contribution in [2.75, 3.05) is 5.75 Å². The van der Waals surface area contributed by atoms with Crippen molar-refractivity contribution in [2.45, 2.75) is 45.4 Å². The highest BCUT2D eigenvalue weighted by Crippen LogP contribution is 2.21. The molecule has 0 amide bonds. The lowest BCUT2D eigenvalue weighted by molar-refractivity contribution is 0.265. The second-order valence-corrected chi connectivity index (χ2v) is 19.1. The van der Waals surface area contributed by atoms with E-state index in [9.17, 15) is 0 Å². The molecule has 0 aromatic carbocycles. The van der Waals surface area contributed by atoms with Crippen LogP contribution < -0.4 is 0 Å². The molecule has 13 heavy (non-hydrogen) atoms. The van der Waals surface area contributed by atoms with E-state index < -0.39 is 15.5 Å². The van der Waals surface area contributed by atoms with Crippen LogP contribution in [-0.2, 0) is 4.43 Å². The SMILES string of the molecule is [CH2]C(CS[Si](C)(C)C)O[Si](C)(C)C. The Bertz CT molecular complexity index is 149. The molecule has 1 atom stereocenters. The fraction of sp³-hybridized carbons (Fsp3) is 0.889. The van der Waals surface area contributed by atoms with E-state index in [-0.39, 0.29) is 6.10 Å². The van der Waals surface area contributed by atoms with Crippen molar-refractivity contribution in [3.8, 4) is 0 Å². The first-order chi connectivity index (χ1) is 5.60. The van der Waals surface area contributed by atoms with Gasteiger partial charge in [0.25, 0.3) is 0 Å². The summed E-state index contributed by atoms with van der Waals surface area (Å²) in [4.78, 5) is 0. The Balaban J connectivity index is 3.70. The van der Waals surface area contributed by atoms with Crippen LogP contribution in [0.25, 0.3) is 0 Å². The van der Waals surface area contributed by atoms with E-state index in [4.69, 9.17) is 4.43 Å². The summed E-state index contributed by atoms with van der Waals surface area (Å²) in [7, 11) is -2.36. The van der Waals surface area contributed by atoms with Crippen LogP contribution in [0.2, 0.25) is 39.3 Å². The summed E-state index contributed by atoms with van der Waals surface area (Å²) in [6.07, 6.45) is 0.184. The van der Waals surface area contributed by atoms with Gasteiger partial charge < -0.3 is 4.43 Å². The maximum atomic E-state index is 5.86. The van der Waals surface area contributed by atoms with Crippen LogP contribution in [0.4, 0.5) is 0 Å². The van der Waals surface area contributed by atoms with Gasteiger partial charge in [-0.15, -0.1) is 0 Å². The highest BCUT2D eigenvalue weighted by atomic mass is 32.4. The molecule has 0 aromatic rings. The Morgan fingerprint density at radius 1 is 1.15 bits per heavy atom. The van der Waals surface area contributed by atoms with Gasteiger partial charge in [0.05, 0.1) is 6.10 Å². The third-order valence-corrected chi connectivity index (χ3v) is 6.77. The Kier molecular flexibility index (Phi) is 5.29. The molecule has 4 heteroatoms. The molecule has 0 aliphatic heterocycles. The molecule has 1 radical (unpaired) electrons. The summed E-state index contributed by atoms with van der Waals surface area (Å²) < 4.78 is 5.86. The largest absolute Gasteiger partial charge is 0.414 e. The maximum absolute atomic E-state index is 5.86. The first-order valence-corrected chi connectivity index (χ1v) is 13.4. The smallest absolute Gasteiger partial charge is 0.184 e. The summed E-state index contributed by atoms with van der Waals surface area (Å²) in [5.74, 6) is 1.06. The lowest BCUT2D eigenvalue weighted by atomic mass is 10.5. The third-order valence-electron chi connectivity index (χ3n) is 1.22. The maximum Gasteiger partial charge on any atom is 0.184 e. The normalized spacial score (nSPS) is 15.9. The zero-order chi connectivity index (χ0) is 10.7. The fourth-order valence-corrected chi connectivity index (χ4v) is 4.89. The lowest BCUT2D eigenvalue weighted by Gasteiger charge is -2.25. The average molecular weight is 236 g/mol. The molecule has 0 aromatic heterocycles. The average Bonchev–Trinajstić information content (AvgIpc) is 1.78. The van der Waals surface area contributed by atoms with E-state index in [0.717, 1.165) is 5.75 Å². The van der Waals surface area contributed by atoms with Crippen LogP contribution in [-0.4, -0.2) is 27.4 Å². The number of rotatable bonds is 5. The minimum absolute atomic E-state index is 0.184. The van der Waals surface area contributed by atoms with Crippen LogP contribution in [0.1, 0.15) is 0 Å². The zero-order valence-electron chi connectivity index (χ0n) is 9.81. The summed E-state index contributed by atoms with van der Waals surface area (Å²) in [5.41, 5.74) is 0. The molecule has 0 aliphatic carbocycles. The van der Waals surface area contributed by atoms with E-state index in [1.165, 1.54) is 0 Å². The highest BCUT2D eigenvalue weighted by Gasteiger charge is 2.20. The van der Waals surface area contributed by atoms with E-state index in [2.05, 4.69) is 57.4 Å². The van der Waals surface area contributed by atoms with Crippen molar-refractivity contribution in [3.63, 3.8) is 0 Å². The summed E-state index contributed by atoms with van der Waals surface area (Å²) >= 11 is 2.06. The molecule has 0 aliphatic rings. The molecule has 0 spiro atoms. The van der Waals surface area contributed by atoms with Gasteiger partial charge in [-0.3, -0.25) is 0 Å². The Labute approximate surface area is 89.4 Å². The van der Waals surface area contributed by atoms with Crippen LogP contribution >= 0.6 is 11.2 Å². The van der Waals surface area contributed by atoms with Gasteiger partial charge in [-0.25, -0.2) is 0 Å². The Hall–Kier alpha value is 0.744. The summed E-state index contributed by atoms with van der Waals surface area (Å²) in [6.45, 7) is 17.8. The molecule has 0 N–H and O–H groups in total. The van der Waals surface area contributed by atoms with Crippen LogP contribution in [0.15, 0.2) is 0 Å². The standard InChI is InChI=1S/C9H23OSSi2/c1-9(10-12(2,3)4)8-11-13(5,6)7/h9H,1,8H2,2-7H3. The van der Waals surface area contributed by atoms with E-state index in [1.807, 2.05) is 0 Å². The van der Waals surface area contributed by atoms with Crippen molar-refractivity contribution < 1.29 is 4.43 Å². The van der Waals surface area contributed by atoms with Crippen LogP contribution in [0.5, 0.6) is 0 Å². The van der Waals surface area contributed by atoms with Gasteiger partial charge in [0, 0.05) is 5.75 Å². The van der Waals surface area contributed by atoms with Crippen molar-refractivity contribution in [3.05, 3.63) is 6.92 Å². The predicted octanol–water partition coefficient (Wildman–Crippen LogP) is 3.61. The van der Waals surface area contributed by atoms with Gasteiger partial charge in [0.1, 0.15) is 7.22 Å². The predicted molar refractivity (Wildman–Crippen MR) is 69.4 cm³/mol. The molecule has 0 bridgehead atoms. The van der Waals surface area contributed by atoms with Crippen LogP contribution in [0.3, 0.4) is 0 Å². The number of hydrogen-bond donors (Lipinski definition) is 0. The van der Waals surface area contributed by atoms with Gasteiger partial charge in [-0.05, 0) is 26.6 Å². The van der Waals surface area contributed by atoms with Gasteiger partial charge >= 0.3 is 0 Å². The highest BCUT2D eigenvalue weighted by molar-refractivity contribution is 8.28. The minimum Gasteiger partial charge on any atom is -0.414 e. The van der Waals surface area contributed by atoms with E-state index >= 15 is 0 Å². The Morgan fingerprint density at radius 3 is 1.92 bits per heavy atom. The molecular weight excluding hydrogens is 212 g/mol. The minimum atomic E-state index is -1.38. The quantitative estimate of drug-likeness (QED) is 0.673. The molecule has 0 rings (SSSR count). The molecule has 1 unspecified atom stereocenters. The fourth-order valence-electron chi connectivity index (χ4n) is 0.877. The van der Waals surface area contributed by atoms with E-state index in [0.29, 0.717) is 0 Å². The van der Waals surface area contributed by atoms with Crippen molar-refractivity contribution >= 4 is 26.8 Å². The van der Waals surface area contributed by atoms with Crippen molar-refractivity contribution in [1.82, 2.24) is 0 Å². The second-order valence-electron chi connectivity index (χ2n) is 5.28. The molecule has 1 nitrogen and oxygen atoms in total. The van der Waals surface area contributed by atoms with Gasteiger partial charge in [-0.2, -0.15) is 11.2 Å². The van der Waals surface area contributed by atoms with Gasteiger partial charge in [0.15, 0.2) is 8.32 Å². The summed E-state index contributed by atoms with van der Waals surface area (Å²) in [6, 6.07) is 0. The Morgan fingerprint density at radius 2 is 1.62 bits per heavy atom. The molecule has 0 saturated heterocycles. The second kappa shape index (κ2) is 5.00. The van der Waals surface area contributed by atoms with Crippen LogP contribution in [0, 0.1) is 6.92 Å². The molecule has 0 heterocycles. The molecule has 79 valence electrons. The molecule has 0 saturated carbocycles. The van der Waals surface area contributed by atoms with Gasteiger partial charge in [-0.1, -0.05) is 19.6 Å². The zero-order valence-corrected chi connectivity index (χ0v) is 12.6. The van der Waals surface area contributed by atoms with E-state index in [1.54, 1.807) is 0 Å². The van der Waals surface area contributed by atoms with Gasteiger partial charge in [0.2, 0.25) is 0 Å².